The summed E-state index contributed by atoms with van der Waals surface area (Å²) in [6, 6.07) is 0.345. The molecule has 0 radical (unpaired) electrons. The number of halogens is 5. The van der Waals surface area contributed by atoms with Gasteiger partial charge in [0, 0.05) is 31.1 Å². The lowest BCUT2D eigenvalue weighted by Crippen LogP contribution is -2.36. The molecule has 0 spiro atoms. The number of likely N-dealkylation sites (N-methyl/N-ethyl adjacent to an activating group) is 1. The van der Waals surface area contributed by atoms with Crippen LogP contribution in [0.2, 0.25) is 0 Å². The molecule has 4 N–H and O–H groups in total. The van der Waals surface area contributed by atoms with Crippen molar-refractivity contribution in [1.29, 1.82) is 0 Å². The van der Waals surface area contributed by atoms with Crippen LogP contribution < -0.4 is 20.5 Å². The fourth-order valence-electron chi connectivity index (χ4n) is 5.05. The second-order valence-corrected chi connectivity index (χ2v) is 13.5. The molecule has 0 aliphatic heterocycles. The largest absolute Gasteiger partial charge is 0.474 e. The number of hydrogen-bond donors (Lipinski definition) is 3. The molecule has 3 aromatic rings. The van der Waals surface area contributed by atoms with Crippen LogP contribution >= 0.6 is 0 Å². The zero-order chi connectivity index (χ0) is 36.6. The topological polar surface area (TPSA) is 145 Å². The average molecular weight is 699 g/mol. The first kappa shape index (κ1) is 37.6. The van der Waals surface area contributed by atoms with Gasteiger partial charge in [0.05, 0.1) is 30.1 Å². The Morgan fingerprint density at radius 2 is 1.80 bits per heavy atom. The number of rotatable bonds is 12. The van der Waals surface area contributed by atoms with Gasteiger partial charge < -0.3 is 35.3 Å². The predicted octanol–water partition coefficient (Wildman–Crippen LogP) is 6.88. The number of pyridine rings is 1. The molecule has 2 atom stereocenters. The Bertz CT molecular complexity index is 1710. The van der Waals surface area contributed by atoms with E-state index in [2.05, 4.69) is 20.3 Å². The second-order valence-electron chi connectivity index (χ2n) is 13.5. The van der Waals surface area contributed by atoms with E-state index in [9.17, 15) is 27.5 Å². The van der Waals surface area contributed by atoms with Crippen molar-refractivity contribution in [2.75, 3.05) is 37.8 Å². The summed E-state index contributed by atoms with van der Waals surface area (Å²) in [7, 11) is 1.52. The molecule has 1 aliphatic rings. The number of anilines is 2. The fraction of sp³-hybridized carbons (Fsp3) is 0.576. The fourth-order valence-corrected chi connectivity index (χ4v) is 5.05. The molecule has 16 heteroatoms. The van der Waals surface area contributed by atoms with Crippen LogP contribution in [0.3, 0.4) is 0 Å². The Morgan fingerprint density at radius 3 is 2.35 bits per heavy atom. The predicted molar refractivity (Wildman–Crippen MR) is 173 cm³/mol. The lowest BCUT2D eigenvalue weighted by Gasteiger charge is -2.25. The minimum absolute atomic E-state index is 0.0152. The molecule has 1 aromatic carbocycles. The first-order chi connectivity index (χ1) is 22.7. The molecular weight excluding hydrogens is 655 g/mol. The number of carbonyl (C=O) groups is 1. The number of amides is 1. The van der Waals surface area contributed by atoms with E-state index in [4.69, 9.17) is 19.9 Å². The summed E-state index contributed by atoms with van der Waals surface area (Å²) < 4.78 is 91.7. The van der Waals surface area contributed by atoms with Gasteiger partial charge in [0.2, 0.25) is 5.88 Å². The van der Waals surface area contributed by atoms with Crippen molar-refractivity contribution in [1.82, 2.24) is 19.9 Å². The van der Waals surface area contributed by atoms with E-state index in [0.29, 0.717) is 25.3 Å². The molecule has 49 heavy (non-hydrogen) atoms. The van der Waals surface area contributed by atoms with Crippen molar-refractivity contribution in [3.05, 3.63) is 28.8 Å². The highest BCUT2D eigenvalue weighted by atomic mass is 19.4. The number of benzene rings is 1. The van der Waals surface area contributed by atoms with Crippen molar-refractivity contribution in [2.24, 2.45) is 5.41 Å². The zero-order valence-electron chi connectivity index (χ0n) is 28.8. The van der Waals surface area contributed by atoms with Crippen molar-refractivity contribution >= 4 is 28.5 Å². The number of carbonyl (C=O) groups excluding carboxylic acids is 1. The van der Waals surface area contributed by atoms with Gasteiger partial charge >= 0.3 is 18.3 Å². The normalized spacial score (nSPS) is 15.5. The molecule has 2 unspecified atom stereocenters. The standard InChI is InChI=1S/C33H43F5N6O5/c1-9-16(2)48-28-21-26(24(35)25(41-28)19-14-20(39)23(34)17(3)22(19)33(36,37)38)42-29(47-15-32(10-11-32)18(4)45)43-27(21)40-12-13-44(8)30(46)49-31(5,6)7/h14,16,18,45H,9-13,15,39H2,1-8H3,(H,40,42,43). The third-order valence-corrected chi connectivity index (χ3v) is 8.40. The van der Waals surface area contributed by atoms with E-state index in [1.807, 2.05) is 0 Å². The third-order valence-electron chi connectivity index (χ3n) is 8.40. The number of aliphatic hydroxyl groups excluding tert-OH is 1. The number of nitrogen functional groups attached to an aromatic ring is 1. The Morgan fingerprint density at radius 1 is 1.14 bits per heavy atom. The molecule has 0 saturated heterocycles. The summed E-state index contributed by atoms with van der Waals surface area (Å²) in [5.41, 5.74) is -0.608. The van der Waals surface area contributed by atoms with Crippen molar-refractivity contribution in [2.45, 2.75) is 91.7 Å². The molecule has 1 saturated carbocycles. The lowest BCUT2D eigenvalue weighted by molar-refractivity contribution is -0.137. The SMILES string of the molecule is CCC(C)Oc1nc(-c2cc(N)c(F)c(C)c2C(F)(F)F)c(F)c2nc(OCC3(C(C)O)CC3)nc(NCCN(C)C(=O)OC(C)(C)C)c12. The maximum absolute atomic E-state index is 16.7. The van der Waals surface area contributed by atoms with Crippen molar-refractivity contribution in [3.8, 4) is 23.1 Å². The van der Waals surface area contributed by atoms with Crippen LogP contribution in [0, 0.1) is 24.0 Å². The molecule has 2 heterocycles. The number of nitrogens with zero attached hydrogens (tertiary/aromatic N) is 4. The van der Waals surface area contributed by atoms with Gasteiger partial charge in [0.1, 0.15) is 33.8 Å². The number of fused-ring (bicyclic) bond motifs is 1. The zero-order valence-corrected chi connectivity index (χ0v) is 28.8. The van der Waals surface area contributed by atoms with E-state index in [-0.39, 0.29) is 42.8 Å². The molecule has 1 amide bonds. The van der Waals surface area contributed by atoms with Gasteiger partial charge in [0.25, 0.3) is 0 Å². The number of nitrogens with two attached hydrogens (primary N) is 1. The molecular formula is C33H43F5N6O5. The summed E-state index contributed by atoms with van der Waals surface area (Å²) in [6.07, 6.45) is -5.18. The van der Waals surface area contributed by atoms with Crippen LogP contribution in [0.1, 0.15) is 71.9 Å². The summed E-state index contributed by atoms with van der Waals surface area (Å²) in [4.78, 5) is 26.7. The molecule has 2 aromatic heterocycles. The maximum atomic E-state index is 16.7. The third kappa shape index (κ3) is 8.33. The van der Waals surface area contributed by atoms with Gasteiger partial charge in [-0.15, -0.1) is 0 Å². The Labute approximate surface area is 281 Å². The molecule has 4 rings (SSSR count). The van der Waals surface area contributed by atoms with Crippen LogP contribution in [-0.4, -0.2) is 75.6 Å². The van der Waals surface area contributed by atoms with Crippen molar-refractivity contribution < 1.29 is 46.1 Å². The molecule has 1 fully saturated rings. The molecule has 1 aliphatic carbocycles. The first-order valence-corrected chi connectivity index (χ1v) is 15.9. The summed E-state index contributed by atoms with van der Waals surface area (Å²) in [6.45, 7) is 11.3. The van der Waals surface area contributed by atoms with E-state index in [1.54, 1.807) is 41.5 Å². The van der Waals surface area contributed by atoms with Gasteiger partial charge in [-0.25, -0.2) is 18.6 Å². The number of aliphatic hydroxyl groups is 1. The lowest BCUT2D eigenvalue weighted by atomic mass is 9.96. The van der Waals surface area contributed by atoms with Gasteiger partial charge in [-0.1, -0.05) is 6.92 Å². The van der Waals surface area contributed by atoms with E-state index in [1.165, 1.54) is 11.9 Å². The summed E-state index contributed by atoms with van der Waals surface area (Å²) in [5, 5.41) is 13.2. The quantitative estimate of drug-likeness (QED) is 0.135. The Kier molecular flexibility index (Phi) is 10.7. The van der Waals surface area contributed by atoms with E-state index < -0.39 is 80.7 Å². The highest BCUT2D eigenvalue weighted by Crippen LogP contribution is 2.49. The highest BCUT2D eigenvalue weighted by Gasteiger charge is 2.48. The molecule has 270 valence electrons. The summed E-state index contributed by atoms with van der Waals surface area (Å²) in [5.74, 6) is -2.92. The van der Waals surface area contributed by atoms with Gasteiger partial charge in [-0.3, -0.25) is 0 Å². The van der Waals surface area contributed by atoms with Crippen LogP contribution in [0.15, 0.2) is 6.07 Å². The number of ether oxygens (including phenoxy) is 3. The van der Waals surface area contributed by atoms with Crippen LogP contribution in [0.5, 0.6) is 11.9 Å². The highest BCUT2D eigenvalue weighted by molar-refractivity contribution is 5.96. The number of nitrogens with one attached hydrogen (secondary N) is 1. The molecule has 11 nitrogen and oxygen atoms in total. The smallest absolute Gasteiger partial charge is 0.417 e. The van der Waals surface area contributed by atoms with Crippen LogP contribution in [0.25, 0.3) is 22.2 Å². The number of aromatic nitrogens is 3. The van der Waals surface area contributed by atoms with Gasteiger partial charge in [0.15, 0.2) is 5.82 Å². The monoisotopic (exact) mass is 698 g/mol. The first-order valence-electron chi connectivity index (χ1n) is 15.9. The van der Waals surface area contributed by atoms with Crippen LogP contribution in [-0.2, 0) is 10.9 Å². The average Bonchev–Trinajstić information content (AvgIpc) is 3.79. The minimum Gasteiger partial charge on any atom is -0.474 e. The Hall–Kier alpha value is -4.21. The van der Waals surface area contributed by atoms with Crippen molar-refractivity contribution in [3.63, 3.8) is 0 Å². The second kappa shape index (κ2) is 14.0. The van der Waals surface area contributed by atoms with Crippen LogP contribution in [0.4, 0.5) is 38.3 Å². The van der Waals surface area contributed by atoms with Gasteiger partial charge in [-0.2, -0.15) is 23.1 Å². The Balaban J connectivity index is 1.92. The number of alkyl halides is 3. The number of hydrogen-bond acceptors (Lipinski definition) is 10. The summed E-state index contributed by atoms with van der Waals surface area (Å²) >= 11 is 0. The van der Waals surface area contributed by atoms with E-state index >= 15 is 4.39 Å². The molecule has 0 bridgehead atoms. The minimum atomic E-state index is -5.11. The maximum Gasteiger partial charge on any atom is 0.417 e. The van der Waals surface area contributed by atoms with Gasteiger partial charge in [-0.05, 0) is 72.4 Å². The van der Waals surface area contributed by atoms with E-state index in [0.717, 1.165) is 6.92 Å².